The van der Waals surface area contributed by atoms with Crippen molar-refractivity contribution >= 4 is 23.0 Å². The lowest BCUT2D eigenvalue weighted by molar-refractivity contribution is 0.0956. The van der Waals surface area contributed by atoms with E-state index in [1.165, 1.54) is 5.56 Å². The number of para-hydroxylation sites is 1. The smallest absolute Gasteiger partial charge is 0.272 e. The van der Waals surface area contributed by atoms with Crippen molar-refractivity contribution in [2.75, 3.05) is 0 Å². The summed E-state index contributed by atoms with van der Waals surface area (Å²) in [5.74, 6) is 0.226. The highest BCUT2D eigenvalue weighted by atomic mass is 16.3. The van der Waals surface area contributed by atoms with Crippen LogP contribution in [-0.4, -0.2) is 17.1 Å². The number of carbonyl (C=O) groups is 1. The molecule has 30 heavy (non-hydrogen) atoms. The predicted octanol–water partition coefficient (Wildman–Crippen LogP) is 5.77. The molecule has 2 heterocycles. The number of aromatic nitrogens is 1. The summed E-state index contributed by atoms with van der Waals surface area (Å²) in [7, 11) is 0. The number of fused-ring (bicyclic) bond motifs is 1. The Morgan fingerprint density at radius 2 is 1.97 bits per heavy atom. The highest BCUT2D eigenvalue weighted by molar-refractivity contribution is 6.07. The number of furan rings is 1. The van der Waals surface area contributed by atoms with Gasteiger partial charge in [0.25, 0.3) is 5.91 Å². The Morgan fingerprint density at radius 3 is 2.70 bits per heavy atom. The van der Waals surface area contributed by atoms with Crippen LogP contribution in [0.15, 0.2) is 82.7 Å². The highest BCUT2D eigenvalue weighted by Gasteiger charge is 2.14. The molecule has 0 radical (unpaired) electrons. The minimum atomic E-state index is -0.286. The van der Waals surface area contributed by atoms with Crippen LogP contribution in [0.5, 0.6) is 0 Å². The molecule has 0 unspecified atom stereocenters. The maximum Gasteiger partial charge on any atom is 0.272 e. The topological polar surface area (TPSA) is 67.5 Å². The normalized spacial score (nSPS) is 12.3. The molecule has 0 aliphatic rings. The van der Waals surface area contributed by atoms with Crippen LogP contribution < -0.4 is 5.43 Å². The number of carbonyl (C=O) groups excluding carboxylic acids is 1. The number of benzene rings is 2. The molecule has 4 aromatic rings. The number of hydrogen-bond acceptors (Lipinski definition) is 4. The van der Waals surface area contributed by atoms with E-state index in [9.17, 15) is 4.79 Å². The SMILES string of the molecule is CC[C@@H](C)c1ccc(-c2cc(C(=O)NN=Cc3ccoc3)c3ccccc3n2)cc1. The van der Waals surface area contributed by atoms with Crippen molar-refractivity contribution < 1.29 is 9.21 Å². The molecule has 0 bridgehead atoms. The molecule has 4 rings (SSSR count). The molecule has 150 valence electrons. The molecule has 1 N–H and O–H groups in total. The zero-order valence-corrected chi connectivity index (χ0v) is 17.0. The number of rotatable bonds is 6. The summed E-state index contributed by atoms with van der Waals surface area (Å²) >= 11 is 0. The van der Waals surface area contributed by atoms with Crippen molar-refractivity contribution in [1.29, 1.82) is 0 Å². The van der Waals surface area contributed by atoms with Crippen LogP contribution in [0.4, 0.5) is 0 Å². The molecule has 2 aromatic carbocycles. The van der Waals surface area contributed by atoms with E-state index < -0.39 is 0 Å². The average Bonchev–Trinajstić information content (AvgIpc) is 3.31. The van der Waals surface area contributed by atoms with E-state index in [-0.39, 0.29) is 5.91 Å². The quantitative estimate of drug-likeness (QED) is 0.332. The Morgan fingerprint density at radius 1 is 1.17 bits per heavy atom. The Kier molecular flexibility index (Phi) is 5.70. The van der Waals surface area contributed by atoms with Crippen molar-refractivity contribution in [2.45, 2.75) is 26.2 Å². The molecular weight excluding hydrogens is 374 g/mol. The van der Waals surface area contributed by atoms with Crippen LogP contribution in [-0.2, 0) is 0 Å². The van der Waals surface area contributed by atoms with Gasteiger partial charge in [-0.1, -0.05) is 56.3 Å². The van der Waals surface area contributed by atoms with Gasteiger partial charge in [-0.05, 0) is 36.1 Å². The lowest BCUT2D eigenvalue weighted by Gasteiger charge is -2.11. The molecular formula is C25H23N3O2. The van der Waals surface area contributed by atoms with Crippen LogP contribution >= 0.6 is 0 Å². The second-order valence-electron chi connectivity index (χ2n) is 7.26. The fraction of sp³-hybridized carbons (Fsp3) is 0.160. The van der Waals surface area contributed by atoms with E-state index in [0.29, 0.717) is 11.5 Å². The van der Waals surface area contributed by atoms with Crippen molar-refractivity contribution in [2.24, 2.45) is 5.10 Å². The summed E-state index contributed by atoms with van der Waals surface area (Å²) in [5, 5.41) is 4.82. The van der Waals surface area contributed by atoms with Crippen molar-refractivity contribution in [1.82, 2.24) is 10.4 Å². The van der Waals surface area contributed by atoms with Gasteiger partial charge in [-0.25, -0.2) is 10.4 Å². The number of amides is 1. The maximum absolute atomic E-state index is 12.9. The summed E-state index contributed by atoms with van der Waals surface area (Å²) < 4.78 is 5.00. The summed E-state index contributed by atoms with van der Waals surface area (Å²) in [5.41, 5.74) is 7.71. The largest absolute Gasteiger partial charge is 0.472 e. The van der Waals surface area contributed by atoms with Crippen LogP contribution in [0.2, 0.25) is 0 Å². The molecule has 0 saturated heterocycles. The van der Waals surface area contributed by atoms with Crippen LogP contribution in [0.1, 0.15) is 47.7 Å². The standard InChI is InChI=1S/C25H23N3O2/c1-3-17(2)19-8-10-20(11-9-19)24-14-22(21-6-4-5-7-23(21)27-24)25(29)28-26-15-18-12-13-30-16-18/h4-17H,3H2,1-2H3,(H,28,29)/t17-/m1/s1. The molecule has 0 aliphatic carbocycles. The van der Waals surface area contributed by atoms with Crippen molar-refractivity contribution in [3.63, 3.8) is 0 Å². The summed E-state index contributed by atoms with van der Waals surface area (Å²) in [6.07, 6.45) is 5.74. The monoisotopic (exact) mass is 397 g/mol. The number of hydrazone groups is 1. The van der Waals surface area contributed by atoms with Gasteiger partial charge in [0.2, 0.25) is 0 Å². The summed E-state index contributed by atoms with van der Waals surface area (Å²) in [6.45, 7) is 4.40. The Labute approximate surface area is 175 Å². The highest BCUT2D eigenvalue weighted by Crippen LogP contribution is 2.27. The number of nitrogens with zero attached hydrogens (tertiary/aromatic N) is 2. The van der Waals surface area contributed by atoms with Gasteiger partial charge in [0.15, 0.2) is 0 Å². The third kappa shape index (κ3) is 4.15. The molecule has 0 spiro atoms. The van der Waals surface area contributed by atoms with E-state index in [4.69, 9.17) is 9.40 Å². The third-order valence-electron chi connectivity index (χ3n) is 5.27. The van der Waals surface area contributed by atoms with Crippen LogP contribution in [0.3, 0.4) is 0 Å². The number of hydrogen-bond donors (Lipinski definition) is 1. The molecule has 5 heteroatoms. The first-order valence-electron chi connectivity index (χ1n) is 10.0. The van der Waals surface area contributed by atoms with E-state index >= 15 is 0 Å². The average molecular weight is 397 g/mol. The van der Waals surface area contributed by atoms with Gasteiger partial charge >= 0.3 is 0 Å². The third-order valence-corrected chi connectivity index (χ3v) is 5.27. The first kappa shape index (κ1) is 19.6. The zero-order valence-electron chi connectivity index (χ0n) is 17.0. The van der Waals surface area contributed by atoms with Gasteiger partial charge in [-0.3, -0.25) is 4.79 Å². The van der Waals surface area contributed by atoms with Gasteiger partial charge in [-0.2, -0.15) is 5.10 Å². The Bertz CT molecular complexity index is 1180. The van der Waals surface area contributed by atoms with Crippen LogP contribution in [0, 0.1) is 0 Å². The molecule has 5 nitrogen and oxygen atoms in total. The fourth-order valence-corrected chi connectivity index (χ4v) is 3.30. The van der Waals surface area contributed by atoms with E-state index in [2.05, 4.69) is 48.6 Å². The molecule has 0 aliphatic heterocycles. The minimum absolute atomic E-state index is 0.286. The van der Waals surface area contributed by atoms with Crippen LogP contribution in [0.25, 0.3) is 22.2 Å². The minimum Gasteiger partial charge on any atom is -0.472 e. The Hall–Kier alpha value is -3.73. The summed E-state index contributed by atoms with van der Waals surface area (Å²) in [4.78, 5) is 17.7. The van der Waals surface area contributed by atoms with Gasteiger partial charge in [0.05, 0.1) is 35.5 Å². The maximum atomic E-state index is 12.9. The number of pyridine rings is 1. The molecule has 1 amide bonds. The van der Waals surface area contributed by atoms with E-state index in [1.54, 1.807) is 24.8 Å². The van der Waals surface area contributed by atoms with Gasteiger partial charge < -0.3 is 4.42 Å². The fourth-order valence-electron chi connectivity index (χ4n) is 3.30. The first-order valence-corrected chi connectivity index (χ1v) is 10.0. The van der Waals surface area contributed by atoms with Crippen molar-refractivity contribution in [3.05, 3.63) is 89.9 Å². The number of nitrogens with one attached hydrogen (secondary N) is 1. The Balaban J connectivity index is 1.68. The summed E-state index contributed by atoms with van der Waals surface area (Å²) in [6, 6.07) is 19.6. The predicted molar refractivity (Wildman–Crippen MR) is 120 cm³/mol. The van der Waals surface area contributed by atoms with Gasteiger partial charge in [0, 0.05) is 16.5 Å². The molecule has 1 atom stereocenters. The molecule has 0 saturated carbocycles. The van der Waals surface area contributed by atoms with Crippen molar-refractivity contribution in [3.8, 4) is 11.3 Å². The van der Waals surface area contributed by atoms with E-state index in [0.717, 1.165) is 34.1 Å². The second kappa shape index (κ2) is 8.74. The van der Waals surface area contributed by atoms with Gasteiger partial charge in [0.1, 0.15) is 0 Å². The molecule has 0 fully saturated rings. The lowest BCUT2D eigenvalue weighted by Crippen LogP contribution is -2.18. The second-order valence-corrected chi connectivity index (χ2v) is 7.26. The lowest BCUT2D eigenvalue weighted by atomic mass is 9.96. The van der Waals surface area contributed by atoms with Gasteiger partial charge in [-0.15, -0.1) is 0 Å². The molecule has 2 aromatic heterocycles. The first-order chi connectivity index (χ1) is 14.7. The zero-order chi connectivity index (χ0) is 20.9. The van der Waals surface area contributed by atoms with E-state index in [1.807, 2.05) is 30.3 Å².